The number of rotatable bonds is 8. The number of carbonyl (C=O) groups is 2. The van der Waals surface area contributed by atoms with Crippen molar-refractivity contribution in [1.29, 1.82) is 0 Å². The van der Waals surface area contributed by atoms with Crippen molar-refractivity contribution in [3.05, 3.63) is 90.5 Å². The smallest absolute Gasteiger partial charge is 0.261 e. The number of anilines is 2. The average Bonchev–Trinajstić information content (AvgIpc) is 3.34. The highest BCUT2D eigenvalue weighted by atomic mass is 32.2. The molecule has 4 rings (SSSR count). The molecule has 0 bridgehead atoms. The zero-order valence-electron chi connectivity index (χ0n) is 18.3. The van der Waals surface area contributed by atoms with Crippen molar-refractivity contribution in [2.45, 2.75) is 24.2 Å². The van der Waals surface area contributed by atoms with E-state index in [1.165, 1.54) is 29.3 Å². The Hall–Kier alpha value is -3.98. The molecule has 0 aromatic heterocycles. The summed E-state index contributed by atoms with van der Waals surface area (Å²) in [6, 6.07) is 24.1. The number of hydrogen-bond acceptors (Lipinski definition) is 5. The summed E-state index contributed by atoms with van der Waals surface area (Å²) >= 11 is 0. The van der Waals surface area contributed by atoms with Crippen molar-refractivity contribution < 1.29 is 18.0 Å². The lowest BCUT2D eigenvalue weighted by Crippen LogP contribution is -2.25. The summed E-state index contributed by atoms with van der Waals surface area (Å²) in [5.74, 6) is -0.549. The summed E-state index contributed by atoms with van der Waals surface area (Å²) in [5.41, 5.74) is 2.75. The van der Waals surface area contributed by atoms with E-state index in [9.17, 15) is 18.0 Å². The Kier molecular flexibility index (Phi) is 7.03. The van der Waals surface area contributed by atoms with E-state index in [-0.39, 0.29) is 29.6 Å². The maximum Gasteiger partial charge on any atom is 0.261 e. The standard InChI is InChI=1S/C25H24N4O4S/c30-24(15-16-25(31)29-18-17-23(27-29)19-7-3-1-4-8-19)26-20-11-13-22(14-12-20)34(32,33)28-21-9-5-2-6-10-21/h1-14,28H,15-18H2,(H,26,30). The van der Waals surface area contributed by atoms with Gasteiger partial charge in [0.25, 0.3) is 10.0 Å². The van der Waals surface area contributed by atoms with E-state index in [4.69, 9.17) is 0 Å². The molecular formula is C25H24N4O4S. The quantitative estimate of drug-likeness (QED) is 0.515. The van der Waals surface area contributed by atoms with E-state index in [2.05, 4.69) is 15.1 Å². The summed E-state index contributed by atoms with van der Waals surface area (Å²) in [6.07, 6.45) is 0.711. The first-order chi connectivity index (χ1) is 16.4. The predicted molar refractivity (Wildman–Crippen MR) is 131 cm³/mol. The highest BCUT2D eigenvalue weighted by Crippen LogP contribution is 2.19. The number of para-hydroxylation sites is 1. The van der Waals surface area contributed by atoms with Gasteiger partial charge in [-0.05, 0) is 42.0 Å². The molecular weight excluding hydrogens is 452 g/mol. The second-order valence-corrected chi connectivity index (χ2v) is 9.41. The van der Waals surface area contributed by atoms with Gasteiger partial charge in [-0.3, -0.25) is 14.3 Å². The molecule has 9 heteroatoms. The van der Waals surface area contributed by atoms with Gasteiger partial charge < -0.3 is 5.32 Å². The molecule has 3 aromatic rings. The normalized spacial score (nSPS) is 13.3. The highest BCUT2D eigenvalue weighted by molar-refractivity contribution is 7.92. The molecule has 8 nitrogen and oxygen atoms in total. The van der Waals surface area contributed by atoms with E-state index < -0.39 is 10.0 Å². The van der Waals surface area contributed by atoms with Crippen LogP contribution >= 0.6 is 0 Å². The zero-order chi connectivity index (χ0) is 24.0. The minimum atomic E-state index is -3.74. The van der Waals surface area contributed by atoms with Crippen molar-refractivity contribution in [2.24, 2.45) is 5.10 Å². The van der Waals surface area contributed by atoms with Gasteiger partial charge in [0.1, 0.15) is 0 Å². The Balaban J connectivity index is 1.28. The molecule has 0 atom stereocenters. The van der Waals surface area contributed by atoms with E-state index >= 15 is 0 Å². The molecule has 0 radical (unpaired) electrons. The molecule has 0 saturated carbocycles. The second kappa shape index (κ2) is 10.3. The molecule has 1 aliphatic rings. The van der Waals surface area contributed by atoms with Crippen LogP contribution in [0, 0.1) is 0 Å². The third-order valence-corrected chi connectivity index (χ3v) is 6.63. The van der Waals surface area contributed by atoms with Crippen LogP contribution < -0.4 is 10.0 Å². The molecule has 0 fully saturated rings. The number of amides is 2. The number of sulfonamides is 1. The average molecular weight is 477 g/mol. The van der Waals surface area contributed by atoms with Gasteiger partial charge in [-0.15, -0.1) is 0 Å². The summed E-state index contributed by atoms with van der Waals surface area (Å²) < 4.78 is 27.5. The minimum absolute atomic E-state index is 0.00113. The number of benzene rings is 3. The largest absolute Gasteiger partial charge is 0.326 e. The Morgan fingerprint density at radius 2 is 1.47 bits per heavy atom. The monoisotopic (exact) mass is 476 g/mol. The molecule has 0 aliphatic carbocycles. The van der Waals surface area contributed by atoms with Crippen LogP contribution in [0.1, 0.15) is 24.8 Å². The maximum absolute atomic E-state index is 12.5. The molecule has 0 saturated heterocycles. The van der Waals surface area contributed by atoms with Crippen LogP contribution in [0.2, 0.25) is 0 Å². The van der Waals surface area contributed by atoms with E-state index in [1.807, 2.05) is 30.3 Å². The molecule has 3 aromatic carbocycles. The number of hydrazone groups is 1. The van der Waals surface area contributed by atoms with Crippen LogP contribution in [0.5, 0.6) is 0 Å². The van der Waals surface area contributed by atoms with Gasteiger partial charge in [-0.25, -0.2) is 13.4 Å². The van der Waals surface area contributed by atoms with Crippen molar-refractivity contribution in [3.63, 3.8) is 0 Å². The predicted octanol–water partition coefficient (Wildman–Crippen LogP) is 3.84. The third-order valence-electron chi connectivity index (χ3n) is 5.24. The Morgan fingerprint density at radius 3 is 2.15 bits per heavy atom. The molecule has 1 heterocycles. The first-order valence-corrected chi connectivity index (χ1v) is 12.3. The van der Waals surface area contributed by atoms with Gasteiger partial charge in [-0.1, -0.05) is 48.5 Å². The summed E-state index contributed by atoms with van der Waals surface area (Å²) in [5, 5.41) is 8.49. The zero-order valence-corrected chi connectivity index (χ0v) is 19.2. The van der Waals surface area contributed by atoms with Gasteiger partial charge in [-0.2, -0.15) is 5.10 Å². The molecule has 174 valence electrons. The first kappa shape index (κ1) is 23.2. The summed E-state index contributed by atoms with van der Waals surface area (Å²) in [4.78, 5) is 24.8. The van der Waals surface area contributed by atoms with E-state index in [0.29, 0.717) is 24.3 Å². The van der Waals surface area contributed by atoms with Crippen LogP contribution in [0.3, 0.4) is 0 Å². The van der Waals surface area contributed by atoms with Crippen molar-refractivity contribution >= 4 is 38.9 Å². The van der Waals surface area contributed by atoms with Crippen LogP contribution in [0.4, 0.5) is 11.4 Å². The minimum Gasteiger partial charge on any atom is -0.326 e. The molecule has 2 amide bonds. The van der Waals surface area contributed by atoms with Gasteiger partial charge in [0.15, 0.2) is 0 Å². The summed E-state index contributed by atoms with van der Waals surface area (Å²) in [7, 11) is -3.74. The van der Waals surface area contributed by atoms with Crippen molar-refractivity contribution in [2.75, 3.05) is 16.6 Å². The Morgan fingerprint density at radius 1 is 0.824 bits per heavy atom. The van der Waals surface area contributed by atoms with E-state index in [0.717, 1.165) is 11.3 Å². The van der Waals surface area contributed by atoms with E-state index in [1.54, 1.807) is 30.3 Å². The lowest BCUT2D eigenvalue weighted by Gasteiger charge is -2.12. The Bertz CT molecular complexity index is 1290. The van der Waals surface area contributed by atoms with Crippen molar-refractivity contribution in [3.8, 4) is 0 Å². The van der Waals surface area contributed by atoms with Gasteiger partial charge in [0.2, 0.25) is 11.8 Å². The number of nitrogens with one attached hydrogen (secondary N) is 2. The lowest BCUT2D eigenvalue weighted by atomic mass is 10.1. The van der Waals surface area contributed by atoms with Gasteiger partial charge in [0, 0.05) is 30.6 Å². The fraction of sp³-hybridized carbons (Fsp3) is 0.160. The topological polar surface area (TPSA) is 108 Å². The first-order valence-electron chi connectivity index (χ1n) is 10.8. The molecule has 1 aliphatic heterocycles. The van der Waals surface area contributed by atoms with Gasteiger partial charge in [0.05, 0.1) is 17.2 Å². The molecule has 2 N–H and O–H groups in total. The highest BCUT2D eigenvalue weighted by Gasteiger charge is 2.22. The van der Waals surface area contributed by atoms with Crippen molar-refractivity contribution in [1.82, 2.24) is 5.01 Å². The number of carbonyl (C=O) groups excluding carboxylic acids is 2. The fourth-order valence-corrected chi connectivity index (χ4v) is 4.54. The molecule has 0 spiro atoms. The third kappa shape index (κ3) is 5.87. The van der Waals surface area contributed by atoms with Crippen LogP contribution in [0.25, 0.3) is 0 Å². The lowest BCUT2D eigenvalue weighted by molar-refractivity contribution is -0.132. The molecule has 0 unspecified atom stereocenters. The number of hydrogen-bond donors (Lipinski definition) is 2. The fourth-order valence-electron chi connectivity index (χ4n) is 3.48. The maximum atomic E-state index is 12.5. The number of nitrogens with zero attached hydrogens (tertiary/aromatic N) is 2. The Labute approximate surface area is 198 Å². The second-order valence-electron chi connectivity index (χ2n) is 7.72. The van der Waals surface area contributed by atoms with Crippen LogP contribution in [0.15, 0.2) is 94.9 Å². The summed E-state index contributed by atoms with van der Waals surface area (Å²) in [6.45, 7) is 0.498. The molecule has 34 heavy (non-hydrogen) atoms. The SMILES string of the molecule is O=C(CCC(=O)N1CCC(c2ccccc2)=N1)Nc1ccc(S(=O)(=O)Nc2ccccc2)cc1. The van der Waals surface area contributed by atoms with Gasteiger partial charge >= 0.3 is 0 Å². The van der Waals surface area contributed by atoms with Crippen LogP contribution in [-0.4, -0.2) is 37.5 Å². The van der Waals surface area contributed by atoms with Crippen LogP contribution in [-0.2, 0) is 19.6 Å².